The third kappa shape index (κ3) is 5.65. The maximum atomic E-state index is 13.8. The van der Waals surface area contributed by atoms with E-state index in [0.29, 0.717) is 22.6 Å². The molecule has 2 atom stereocenters. The zero-order valence-corrected chi connectivity index (χ0v) is 21.6. The van der Waals surface area contributed by atoms with Crippen molar-refractivity contribution in [2.24, 2.45) is 10.9 Å². The van der Waals surface area contributed by atoms with Crippen molar-refractivity contribution in [1.29, 1.82) is 0 Å². The Hall–Kier alpha value is -4.59. The fourth-order valence-corrected chi connectivity index (χ4v) is 4.74. The van der Waals surface area contributed by atoms with Gasteiger partial charge in [-0.05, 0) is 67.4 Å². The number of nitrogens with one attached hydrogen (secondary N) is 2. The Balaban J connectivity index is 1.56. The molecule has 0 saturated carbocycles. The molecule has 5 rings (SSSR count). The van der Waals surface area contributed by atoms with Crippen molar-refractivity contribution in [3.05, 3.63) is 119 Å². The second-order valence-corrected chi connectivity index (χ2v) is 9.78. The minimum atomic E-state index is -0.392. The van der Waals surface area contributed by atoms with E-state index in [1.165, 1.54) is 24.3 Å². The molecule has 39 heavy (non-hydrogen) atoms. The van der Waals surface area contributed by atoms with E-state index in [4.69, 9.17) is 4.99 Å². The minimum absolute atomic E-state index is 0.0974. The molecular formula is C31H28F2N4O2. The van der Waals surface area contributed by atoms with Crippen LogP contribution in [-0.4, -0.2) is 29.7 Å². The molecule has 3 aromatic carbocycles. The van der Waals surface area contributed by atoms with Crippen LogP contribution in [0.15, 0.2) is 96.0 Å². The molecule has 8 heteroatoms. The number of benzene rings is 3. The smallest absolute Gasteiger partial charge is 0.322 e. The van der Waals surface area contributed by atoms with Crippen LogP contribution < -0.4 is 15.5 Å². The van der Waals surface area contributed by atoms with Crippen LogP contribution in [0.3, 0.4) is 0 Å². The summed E-state index contributed by atoms with van der Waals surface area (Å²) < 4.78 is 27.0. The van der Waals surface area contributed by atoms with Gasteiger partial charge >= 0.3 is 6.03 Å². The van der Waals surface area contributed by atoms with Gasteiger partial charge in [0.05, 0.1) is 23.1 Å². The number of carbonyl (C=O) groups excluding carboxylic acids is 2. The van der Waals surface area contributed by atoms with Gasteiger partial charge in [0.1, 0.15) is 11.6 Å². The van der Waals surface area contributed by atoms with Gasteiger partial charge < -0.3 is 10.6 Å². The predicted molar refractivity (Wildman–Crippen MR) is 148 cm³/mol. The molecule has 1 aliphatic carbocycles. The second-order valence-electron chi connectivity index (χ2n) is 9.78. The van der Waals surface area contributed by atoms with Crippen molar-refractivity contribution in [2.45, 2.75) is 32.5 Å². The number of nitrogens with zero attached hydrogens (tertiary/aromatic N) is 2. The summed E-state index contributed by atoms with van der Waals surface area (Å²) in [5.74, 6) is -1.34. The highest BCUT2D eigenvalue weighted by Crippen LogP contribution is 2.39. The van der Waals surface area contributed by atoms with E-state index in [9.17, 15) is 18.4 Å². The van der Waals surface area contributed by atoms with Gasteiger partial charge in [0.15, 0.2) is 0 Å². The molecule has 1 heterocycles. The Labute approximate surface area is 225 Å². The average molecular weight is 527 g/mol. The summed E-state index contributed by atoms with van der Waals surface area (Å²) in [7, 11) is 0. The number of carbonyl (C=O) groups is 2. The van der Waals surface area contributed by atoms with Crippen molar-refractivity contribution in [3.63, 3.8) is 0 Å². The van der Waals surface area contributed by atoms with Gasteiger partial charge in [0.2, 0.25) is 0 Å². The lowest BCUT2D eigenvalue weighted by Gasteiger charge is -2.35. The molecule has 0 spiro atoms. The molecule has 2 N–H and O–H groups in total. The first kappa shape index (κ1) is 26.0. The third-order valence-electron chi connectivity index (χ3n) is 6.59. The maximum absolute atomic E-state index is 13.8. The second kappa shape index (κ2) is 11.0. The molecular weight excluding hydrogens is 498 g/mol. The number of hydrogen-bond acceptors (Lipinski definition) is 3. The highest BCUT2D eigenvalue weighted by atomic mass is 19.1. The molecule has 0 radical (unpaired) electrons. The molecule has 0 bridgehead atoms. The van der Waals surface area contributed by atoms with Gasteiger partial charge in [-0.15, -0.1) is 0 Å². The largest absolute Gasteiger partial charge is 0.348 e. The normalized spacial score (nSPS) is 17.7. The van der Waals surface area contributed by atoms with E-state index in [1.807, 2.05) is 38.2 Å². The molecule has 0 fully saturated rings. The van der Waals surface area contributed by atoms with E-state index in [-0.39, 0.29) is 42.1 Å². The molecule has 0 saturated heterocycles. The summed E-state index contributed by atoms with van der Waals surface area (Å²) in [6, 6.07) is 16.3. The van der Waals surface area contributed by atoms with Crippen molar-refractivity contribution >= 4 is 29.0 Å². The van der Waals surface area contributed by atoms with Gasteiger partial charge in [-0.2, -0.15) is 0 Å². The molecule has 6 nitrogen and oxygen atoms in total. The number of hydrogen-bond donors (Lipinski definition) is 2. The lowest BCUT2D eigenvalue weighted by Crippen LogP contribution is -2.51. The van der Waals surface area contributed by atoms with Crippen LogP contribution in [-0.2, 0) is 6.54 Å². The number of halogens is 2. The monoisotopic (exact) mass is 526 g/mol. The van der Waals surface area contributed by atoms with Crippen LogP contribution in [0.2, 0.25) is 0 Å². The fourth-order valence-electron chi connectivity index (χ4n) is 4.74. The number of rotatable bonds is 5. The first-order chi connectivity index (χ1) is 18.8. The van der Waals surface area contributed by atoms with Crippen molar-refractivity contribution in [1.82, 2.24) is 10.6 Å². The van der Waals surface area contributed by atoms with Gasteiger partial charge in [-0.25, -0.2) is 18.6 Å². The minimum Gasteiger partial charge on any atom is -0.348 e. The summed E-state index contributed by atoms with van der Waals surface area (Å²) in [5, 5.41) is 5.83. The summed E-state index contributed by atoms with van der Waals surface area (Å²) >= 11 is 0. The van der Waals surface area contributed by atoms with Crippen LogP contribution in [0.5, 0.6) is 0 Å². The number of allylic oxidation sites excluding steroid dienone is 2. The Kier molecular flexibility index (Phi) is 7.36. The molecule has 2 aliphatic rings. The lowest BCUT2D eigenvalue weighted by atomic mass is 9.86. The van der Waals surface area contributed by atoms with E-state index < -0.39 is 6.04 Å². The molecule has 1 aliphatic heterocycles. The Bertz CT molecular complexity index is 1480. The highest BCUT2D eigenvalue weighted by molar-refractivity contribution is 6.10. The highest BCUT2D eigenvalue weighted by Gasteiger charge is 2.37. The Morgan fingerprint density at radius 2 is 1.59 bits per heavy atom. The third-order valence-corrected chi connectivity index (χ3v) is 6.59. The zero-order chi connectivity index (χ0) is 27.5. The summed E-state index contributed by atoms with van der Waals surface area (Å²) in [4.78, 5) is 33.2. The summed E-state index contributed by atoms with van der Waals surface area (Å²) in [6.45, 7) is 4.00. The lowest BCUT2D eigenvalue weighted by molar-refractivity contribution is 0.0951. The number of aliphatic imine (C=N–C) groups is 1. The molecule has 0 aromatic heterocycles. The average Bonchev–Trinajstić information content (AvgIpc) is 3.07. The van der Waals surface area contributed by atoms with Crippen LogP contribution >= 0.6 is 0 Å². The standard InChI is InChI=1S/C31H28F2N4O2/c1-19(2)35-31(39)37-27-6-4-3-5-25(27)29(21-9-14-24(33)15-10-21)36-26-17-22(11-16-28(26)37)30(38)34-18-20-7-12-23(32)13-8-20/h3-17,19,25,27H,18H2,1-2H3,(H,34,38)(H,35,39). The zero-order valence-electron chi connectivity index (χ0n) is 21.6. The topological polar surface area (TPSA) is 73.8 Å². The number of amides is 3. The molecule has 3 aromatic rings. The van der Waals surface area contributed by atoms with Gasteiger partial charge in [-0.3, -0.25) is 9.69 Å². The Morgan fingerprint density at radius 3 is 2.28 bits per heavy atom. The van der Waals surface area contributed by atoms with E-state index in [2.05, 4.69) is 10.6 Å². The first-order valence-corrected chi connectivity index (χ1v) is 12.8. The van der Waals surface area contributed by atoms with Crippen molar-refractivity contribution in [3.8, 4) is 0 Å². The van der Waals surface area contributed by atoms with Crippen molar-refractivity contribution in [2.75, 3.05) is 4.90 Å². The predicted octanol–water partition coefficient (Wildman–Crippen LogP) is 6.06. The maximum Gasteiger partial charge on any atom is 0.322 e. The van der Waals surface area contributed by atoms with Gasteiger partial charge in [0, 0.05) is 24.1 Å². The molecule has 198 valence electrons. The van der Waals surface area contributed by atoms with Crippen LogP contribution in [0.25, 0.3) is 0 Å². The summed E-state index contributed by atoms with van der Waals surface area (Å²) in [6.07, 6.45) is 7.72. The summed E-state index contributed by atoms with van der Waals surface area (Å²) in [5.41, 5.74) is 3.49. The van der Waals surface area contributed by atoms with E-state index in [1.54, 1.807) is 47.4 Å². The van der Waals surface area contributed by atoms with E-state index >= 15 is 0 Å². The van der Waals surface area contributed by atoms with Crippen LogP contribution in [0, 0.1) is 17.6 Å². The SMILES string of the molecule is CC(C)NC(=O)N1c2ccc(C(=O)NCc3ccc(F)cc3)cc2N=C(c2ccc(F)cc2)C2C=CC=CC21. The van der Waals surface area contributed by atoms with Gasteiger partial charge in [-0.1, -0.05) is 48.6 Å². The number of anilines is 1. The van der Waals surface area contributed by atoms with Crippen LogP contribution in [0.4, 0.5) is 25.0 Å². The number of urea groups is 1. The fraction of sp³-hybridized carbons (Fsp3) is 0.194. The number of fused-ring (bicyclic) bond motifs is 2. The quantitative estimate of drug-likeness (QED) is 0.424. The van der Waals surface area contributed by atoms with Crippen LogP contribution in [0.1, 0.15) is 35.3 Å². The first-order valence-electron chi connectivity index (χ1n) is 12.8. The molecule has 2 unspecified atom stereocenters. The molecule has 3 amide bonds. The van der Waals surface area contributed by atoms with Gasteiger partial charge in [0.25, 0.3) is 5.91 Å². The van der Waals surface area contributed by atoms with E-state index in [0.717, 1.165) is 11.1 Å². The Morgan fingerprint density at radius 1 is 0.923 bits per heavy atom. The van der Waals surface area contributed by atoms with Crippen molar-refractivity contribution < 1.29 is 18.4 Å².